The summed E-state index contributed by atoms with van der Waals surface area (Å²) >= 11 is 4.77. The van der Waals surface area contributed by atoms with Gasteiger partial charge in [-0.25, -0.2) is 0 Å². The first kappa shape index (κ1) is 25.8. The minimum absolute atomic E-state index is 0.0461. The van der Waals surface area contributed by atoms with E-state index in [2.05, 4.69) is 26.6 Å². The van der Waals surface area contributed by atoms with Crippen LogP contribution in [0.3, 0.4) is 0 Å². The second-order valence-electron chi connectivity index (χ2n) is 7.88. The summed E-state index contributed by atoms with van der Waals surface area (Å²) in [6, 6.07) is 19.4. The smallest absolute Gasteiger partial charge is 0.350 e. The van der Waals surface area contributed by atoms with Gasteiger partial charge in [0.2, 0.25) is 5.91 Å². The highest BCUT2D eigenvalue weighted by atomic mass is 79.9. The maximum atomic E-state index is 12.9. The first-order valence-corrected chi connectivity index (χ1v) is 12.7. The van der Waals surface area contributed by atoms with Crippen molar-refractivity contribution in [2.45, 2.75) is 17.6 Å². The molecule has 0 spiro atoms. The van der Waals surface area contributed by atoms with E-state index in [1.54, 1.807) is 0 Å². The minimum Gasteiger partial charge on any atom is -0.350 e. The van der Waals surface area contributed by atoms with Gasteiger partial charge < -0.3 is 15.2 Å². The fourth-order valence-corrected chi connectivity index (χ4v) is 4.77. The van der Waals surface area contributed by atoms with E-state index in [9.17, 15) is 22.8 Å². The van der Waals surface area contributed by atoms with Crippen LogP contribution in [0.1, 0.15) is 15.9 Å². The van der Waals surface area contributed by atoms with Crippen LogP contribution in [0.25, 0.3) is 10.9 Å². The second-order valence-corrected chi connectivity index (χ2v) is 9.81. The standard InChI is InChI=1S/C26H21BrF3N3O2S/c27-19-8-10-20(11-9-19)32-24(34)16-36-23-15-33(22-7-2-1-6-21(22)23)13-12-31-25(35)17-4-3-5-18(14-17)26(28,29)30/h1-11,14-15H,12-13,16H2,(H,31,35)(H,32,34). The van der Waals surface area contributed by atoms with Crippen LogP contribution in [-0.4, -0.2) is 28.7 Å². The highest BCUT2D eigenvalue weighted by Gasteiger charge is 2.30. The van der Waals surface area contributed by atoms with Gasteiger partial charge in [0, 0.05) is 50.8 Å². The van der Waals surface area contributed by atoms with Crippen LogP contribution in [-0.2, 0) is 17.5 Å². The molecule has 4 aromatic rings. The van der Waals surface area contributed by atoms with Crippen molar-refractivity contribution in [1.29, 1.82) is 0 Å². The Kier molecular flexibility index (Phi) is 8.05. The number of nitrogens with zero attached hydrogens (tertiary/aromatic N) is 1. The molecule has 0 saturated heterocycles. The number of carbonyl (C=O) groups is 2. The summed E-state index contributed by atoms with van der Waals surface area (Å²) in [4.78, 5) is 25.7. The van der Waals surface area contributed by atoms with Gasteiger partial charge in [0.1, 0.15) is 0 Å². The molecule has 0 aliphatic carbocycles. The third-order valence-electron chi connectivity index (χ3n) is 5.33. The monoisotopic (exact) mass is 575 g/mol. The topological polar surface area (TPSA) is 63.1 Å². The molecule has 186 valence electrons. The number of benzene rings is 3. The number of thioether (sulfide) groups is 1. The van der Waals surface area contributed by atoms with Crippen molar-refractivity contribution in [2.75, 3.05) is 17.6 Å². The molecule has 0 saturated carbocycles. The average molecular weight is 576 g/mol. The summed E-state index contributed by atoms with van der Waals surface area (Å²) < 4.78 is 41.7. The van der Waals surface area contributed by atoms with E-state index < -0.39 is 17.6 Å². The van der Waals surface area contributed by atoms with E-state index in [0.717, 1.165) is 32.4 Å². The van der Waals surface area contributed by atoms with Crippen molar-refractivity contribution in [3.05, 3.63) is 94.6 Å². The summed E-state index contributed by atoms with van der Waals surface area (Å²) in [6.45, 7) is 0.638. The number of anilines is 1. The van der Waals surface area contributed by atoms with Crippen molar-refractivity contribution in [3.63, 3.8) is 0 Å². The summed E-state index contributed by atoms with van der Waals surface area (Å²) in [7, 11) is 0. The molecule has 36 heavy (non-hydrogen) atoms. The molecule has 0 unspecified atom stereocenters. The van der Waals surface area contributed by atoms with E-state index in [-0.39, 0.29) is 23.8 Å². The Morgan fingerprint density at radius 2 is 1.72 bits per heavy atom. The van der Waals surface area contributed by atoms with Gasteiger partial charge in [-0.3, -0.25) is 9.59 Å². The molecule has 0 radical (unpaired) electrons. The number of fused-ring (bicyclic) bond motifs is 1. The zero-order valence-corrected chi connectivity index (χ0v) is 21.2. The lowest BCUT2D eigenvalue weighted by atomic mass is 10.1. The predicted octanol–water partition coefficient (Wildman–Crippen LogP) is 6.58. The van der Waals surface area contributed by atoms with Gasteiger partial charge in [0.15, 0.2) is 0 Å². The maximum absolute atomic E-state index is 12.9. The molecule has 5 nitrogen and oxygen atoms in total. The molecule has 4 rings (SSSR count). The number of hydrogen-bond acceptors (Lipinski definition) is 3. The summed E-state index contributed by atoms with van der Waals surface area (Å²) in [5.74, 6) is -0.486. The van der Waals surface area contributed by atoms with E-state index in [1.165, 1.54) is 23.9 Å². The van der Waals surface area contributed by atoms with Crippen molar-refractivity contribution in [1.82, 2.24) is 9.88 Å². The fourth-order valence-electron chi connectivity index (χ4n) is 3.62. The molecular formula is C26H21BrF3N3O2S. The Hall–Kier alpha value is -3.24. The number of alkyl halides is 3. The van der Waals surface area contributed by atoms with Gasteiger partial charge in [-0.05, 0) is 48.5 Å². The second kappa shape index (κ2) is 11.2. The molecule has 1 heterocycles. The van der Waals surface area contributed by atoms with Gasteiger partial charge in [0.25, 0.3) is 5.91 Å². The third kappa shape index (κ3) is 6.50. The number of para-hydroxylation sites is 1. The van der Waals surface area contributed by atoms with Crippen LogP contribution in [0.4, 0.5) is 18.9 Å². The third-order valence-corrected chi connectivity index (χ3v) is 6.90. The summed E-state index contributed by atoms with van der Waals surface area (Å²) in [5.41, 5.74) is 0.733. The van der Waals surface area contributed by atoms with Crippen LogP contribution in [0.15, 0.2) is 88.4 Å². The SMILES string of the molecule is O=C(CSc1cn(CCNC(=O)c2cccc(C(F)(F)F)c2)c2ccccc12)Nc1ccc(Br)cc1. The lowest BCUT2D eigenvalue weighted by Crippen LogP contribution is -2.27. The van der Waals surface area contributed by atoms with Crippen LogP contribution in [0, 0.1) is 0 Å². The summed E-state index contributed by atoms with van der Waals surface area (Å²) in [5, 5.41) is 6.52. The Labute approximate surface area is 218 Å². The number of aromatic nitrogens is 1. The van der Waals surface area contributed by atoms with Crippen molar-refractivity contribution < 1.29 is 22.8 Å². The van der Waals surface area contributed by atoms with Crippen molar-refractivity contribution >= 4 is 56.1 Å². The fraction of sp³-hybridized carbons (Fsp3) is 0.154. The molecule has 2 amide bonds. The molecule has 3 aromatic carbocycles. The zero-order chi connectivity index (χ0) is 25.7. The zero-order valence-electron chi connectivity index (χ0n) is 18.8. The molecular weight excluding hydrogens is 555 g/mol. The Morgan fingerprint density at radius 3 is 2.47 bits per heavy atom. The average Bonchev–Trinajstić information content (AvgIpc) is 3.21. The van der Waals surface area contributed by atoms with Crippen molar-refractivity contribution in [3.8, 4) is 0 Å². The van der Waals surface area contributed by atoms with E-state index in [4.69, 9.17) is 0 Å². The maximum Gasteiger partial charge on any atom is 0.416 e. The van der Waals surface area contributed by atoms with E-state index in [1.807, 2.05) is 59.3 Å². The lowest BCUT2D eigenvalue weighted by molar-refractivity contribution is -0.137. The molecule has 2 N–H and O–H groups in total. The largest absolute Gasteiger partial charge is 0.416 e. The number of nitrogens with one attached hydrogen (secondary N) is 2. The van der Waals surface area contributed by atoms with Crippen molar-refractivity contribution in [2.24, 2.45) is 0 Å². The predicted molar refractivity (Wildman–Crippen MR) is 139 cm³/mol. The number of rotatable bonds is 8. The van der Waals surface area contributed by atoms with Gasteiger partial charge in [-0.1, -0.05) is 40.2 Å². The molecule has 10 heteroatoms. The Balaban J connectivity index is 1.38. The van der Waals surface area contributed by atoms with Gasteiger partial charge in [-0.2, -0.15) is 13.2 Å². The molecule has 0 bridgehead atoms. The highest BCUT2D eigenvalue weighted by Crippen LogP contribution is 2.31. The number of amides is 2. The van der Waals surface area contributed by atoms with Crippen LogP contribution >= 0.6 is 27.7 Å². The van der Waals surface area contributed by atoms with Gasteiger partial charge in [0.05, 0.1) is 11.3 Å². The van der Waals surface area contributed by atoms with E-state index in [0.29, 0.717) is 12.2 Å². The lowest BCUT2D eigenvalue weighted by Gasteiger charge is -2.10. The first-order valence-electron chi connectivity index (χ1n) is 10.9. The van der Waals surface area contributed by atoms with Crippen LogP contribution < -0.4 is 10.6 Å². The Bertz CT molecular complexity index is 1390. The van der Waals surface area contributed by atoms with Crippen LogP contribution in [0.5, 0.6) is 0 Å². The van der Waals surface area contributed by atoms with Crippen LogP contribution in [0.2, 0.25) is 0 Å². The highest BCUT2D eigenvalue weighted by molar-refractivity contribution is 9.10. The molecule has 1 aromatic heterocycles. The molecule has 0 fully saturated rings. The normalized spacial score (nSPS) is 11.4. The number of hydrogen-bond donors (Lipinski definition) is 2. The Morgan fingerprint density at radius 1 is 0.972 bits per heavy atom. The van der Waals surface area contributed by atoms with E-state index >= 15 is 0 Å². The quantitative estimate of drug-likeness (QED) is 0.233. The number of halogens is 4. The number of carbonyl (C=O) groups excluding carboxylic acids is 2. The molecule has 0 atom stereocenters. The molecule has 0 aliphatic rings. The minimum atomic E-state index is -4.51. The van der Waals surface area contributed by atoms with Gasteiger partial charge >= 0.3 is 6.18 Å². The first-order chi connectivity index (χ1) is 17.2. The molecule has 0 aliphatic heterocycles. The summed E-state index contributed by atoms with van der Waals surface area (Å²) in [6.07, 6.45) is -2.60. The van der Waals surface area contributed by atoms with Gasteiger partial charge in [-0.15, -0.1) is 11.8 Å².